The van der Waals surface area contributed by atoms with Crippen LogP contribution >= 0.6 is 0 Å². The third-order valence-electron chi connectivity index (χ3n) is 2.80. The van der Waals surface area contributed by atoms with Gasteiger partial charge in [0.05, 0.1) is 7.11 Å². The Bertz CT molecular complexity index is 470. The lowest BCUT2D eigenvalue weighted by Gasteiger charge is -2.23. The van der Waals surface area contributed by atoms with E-state index < -0.39 is 11.5 Å². The summed E-state index contributed by atoms with van der Waals surface area (Å²) >= 11 is 0. The summed E-state index contributed by atoms with van der Waals surface area (Å²) in [5.74, 6) is -0.795. The van der Waals surface area contributed by atoms with Gasteiger partial charge in [0.2, 0.25) is 0 Å². The Labute approximate surface area is 113 Å². The molecule has 0 heterocycles. The van der Waals surface area contributed by atoms with Gasteiger partial charge in [-0.15, -0.1) is 0 Å². The highest BCUT2D eigenvalue weighted by Crippen LogP contribution is 2.12. The quantitative estimate of drug-likeness (QED) is 0.773. The average Bonchev–Trinajstić information content (AvgIpc) is 2.38. The maximum atomic E-state index is 12.2. The number of carbonyl (C=O) groups excluding carboxylic acids is 2. The molecule has 1 aromatic rings. The SMILES string of the molecule is COC(=O)C(C)(C)NC(=O)c1ccccc1CCN. The smallest absolute Gasteiger partial charge is 0.330 e. The van der Waals surface area contributed by atoms with Crippen molar-refractivity contribution in [3.05, 3.63) is 35.4 Å². The second kappa shape index (κ2) is 6.33. The van der Waals surface area contributed by atoms with E-state index in [0.717, 1.165) is 5.56 Å². The molecule has 104 valence electrons. The number of hydrogen-bond acceptors (Lipinski definition) is 4. The van der Waals surface area contributed by atoms with Gasteiger partial charge < -0.3 is 15.8 Å². The van der Waals surface area contributed by atoms with E-state index in [2.05, 4.69) is 10.1 Å². The molecule has 0 saturated carbocycles. The molecule has 0 bridgehead atoms. The van der Waals surface area contributed by atoms with E-state index in [4.69, 9.17) is 5.73 Å². The van der Waals surface area contributed by atoms with Crippen LogP contribution in [0, 0.1) is 0 Å². The van der Waals surface area contributed by atoms with Crippen molar-refractivity contribution >= 4 is 11.9 Å². The number of nitrogens with two attached hydrogens (primary N) is 1. The van der Waals surface area contributed by atoms with Gasteiger partial charge in [0.15, 0.2) is 0 Å². The second-order valence-corrected chi connectivity index (χ2v) is 4.77. The summed E-state index contributed by atoms with van der Waals surface area (Å²) in [6.07, 6.45) is 0.613. The highest BCUT2D eigenvalue weighted by Gasteiger charge is 2.31. The topological polar surface area (TPSA) is 81.4 Å². The van der Waals surface area contributed by atoms with Crippen molar-refractivity contribution in [2.24, 2.45) is 5.73 Å². The minimum atomic E-state index is -1.07. The average molecular weight is 264 g/mol. The predicted molar refractivity (Wildman–Crippen MR) is 72.8 cm³/mol. The van der Waals surface area contributed by atoms with Crippen LogP contribution in [0.15, 0.2) is 24.3 Å². The van der Waals surface area contributed by atoms with Crippen molar-refractivity contribution in [1.29, 1.82) is 0 Å². The molecule has 1 rings (SSSR count). The van der Waals surface area contributed by atoms with Crippen molar-refractivity contribution in [3.63, 3.8) is 0 Å². The molecule has 0 aromatic heterocycles. The lowest BCUT2D eigenvalue weighted by molar-refractivity contribution is -0.146. The van der Waals surface area contributed by atoms with Crippen LogP contribution in [0.25, 0.3) is 0 Å². The van der Waals surface area contributed by atoms with Crippen molar-refractivity contribution < 1.29 is 14.3 Å². The molecule has 0 fully saturated rings. The Kier molecular flexibility index (Phi) is 5.06. The van der Waals surface area contributed by atoms with E-state index >= 15 is 0 Å². The third-order valence-corrected chi connectivity index (χ3v) is 2.80. The minimum absolute atomic E-state index is 0.306. The molecule has 0 atom stereocenters. The van der Waals surface area contributed by atoms with Crippen LogP contribution in [0.2, 0.25) is 0 Å². The van der Waals surface area contributed by atoms with E-state index in [-0.39, 0.29) is 5.91 Å². The molecule has 0 saturated heterocycles. The van der Waals surface area contributed by atoms with Crippen LogP contribution in [0.5, 0.6) is 0 Å². The third kappa shape index (κ3) is 3.79. The standard InChI is InChI=1S/C14H20N2O3/c1-14(2,13(18)19-3)16-12(17)11-7-5-4-6-10(11)8-9-15/h4-7H,8-9,15H2,1-3H3,(H,16,17). The van der Waals surface area contributed by atoms with Crippen LogP contribution in [0.4, 0.5) is 0 Å². The maximum absolute atomic E-state index is 12.2. The summed E-state index contributed by atoms with van der Waals surface area (Å²) in [4.78, 5) is 23.8. The first-order valence-electron chi connectivity index (χ1n) is 6.11. The minimum Gasteiger partial charge on any atom is -0.467 e. The van der Waals surface area contributed by atoms with Crippen molar-refractivity contribution in [3.8, 4) is 0 Å². The molecule has 0 aliphatic carbocycles. The number of methoxy groups -OCH3 is 1. The van der Waals surface area contributed by atoms with Gasteiger partial charge in [-0.1, -0.05) is 18.2 Å². The molecule has 5 heteroatoms. The molecule has 0 spiro atoms. The predicted octanol–water partition coefficient (Wildman–Crippen LogP) is 0.869. The van der Waals surface area contributed by atoms with E-state index in [1.165, 1.54) is 7.11 Å². The first kappa shape index (κ1) is 15.2. The Morgan fingerprint density at radius 1 is 1.32 bits per heavy atom. The molecule has 0 aliphatic rings. The fraction of sp³-hybridized carbons (Fsp3) is 0.429. The van der Waals surface area contributed by atoms with Crippen molar-refractivity contribution in [2.45, 2.75) is 25.8 Å². The Hall–Kier alpha value is -1.88. The molecule has 0 unspecified atom stereocenters. The normalized spacial score (nSPS) is 10.9. The van der Waals surface area contributed by atoms with E-state index in [9.17, 15) is 9.59 Å². The molecule has 5 nitrogen and oxygen atoms in total. The zero-order chi connectivity index (χ0) is 14.5. The molecular weight excluding hydrogens is 244 g/mol. The first-order chi connectivity index (χ1) is 8.92. The highest BCUT2D eigenvalue weighted by atomic mass is 16.5. The lowest BCUT2D eigenvalue weighted by atomic mass is 10.0. The number of hydrogen-bond donors (Lipinski definition) is 2. The van der Waals surface area contributed by atoms with Crippen molar-refractivity contribution in [2.75, 3.05) is 13.7 Å². The number of esters is 1. The molecule has 0 aliphatic heterocycles. The number of amides is 1. The summed E-state index contributed by atoms with van der Waals surface area (Å²) in [6.45, 7) is 3.66. The molecular formula is C14H20N2O3. The number of rotatable bonds is 5. The van der Waals surface area contributed by atoms with Gasteiger partial charge in [0, 0.05) is 5.56 Å². The zero-order valence-electron chi connectivity index (χ0n) is 11.5. The fourth-order valence-electron chi connectivity index (χ4n) is 1.77. The van der Waals surface area contributed by atoms with Crippen LogP contribution in [0.3, 0.4) is 0 Å². The van der Waals surface area contributed by atoms with Crippen molar-refractivity contribution in [1.82, 2.24) is 5.32 Å². The van der Waals surface area contributed by atoms with Crippen LogP contribution in [-0.4, -0.2) is 31.1 Å². The Balaban J connectivity index is 2.92. The monoisotopic (exact) mass is 264 g/mol. The molecule has 0 radical (unpaired) electrons. The van der Waals surface area contributed by atoms with Gasteiger partial charge in [0.1, 0.15) is 5.54 Å². The van der Waals surface area contributed by atoms with Gasteiger partial charge in [-0.3, -0.25) is 4.79 Å². The molecule has 1 aromatic carbocycles. The number of ether oxygens (including phenoxy) is 1. The van der Waals surface area contributed by atoms with E-state index in [0.29, 0.717) is 18.5 Å². The summed E-state index contributed by atoms with van der Waals surface area (Å²) in [7, 11) is 1.29. The highest BCUT2D eigenvalue weighted by molar-refractivity contribution is 5.99. The zero-order valence-corrected chi connectivity index (χ0v) is 11.5. The summed E-state index contributed by atoms with van der Waals surface area (Å²) < 4.78 is 4.66. The van der Waals surface area contributed by atoms with Gasteiger partial charge in [-0.25, -0.2) is 4.79 Å². The number of benzene rings is 1. The van der Waals surface area contributed by atoms with Crippen LogP contribution in [0.1, 0.15) is 29.8 Å². The van der Waals surface area contributed by atoms with Gasteiger partial charge in [-0.05, 0) is 38.4 Å². The lowest BCUT2D eigenvalue weighted by Crippen LogP contribution is -2.50. The summed E-state index contributed by atoms with van der Waals surface area (Å²) in [6, 6.07) is 7.20. The number of carbonyl (C=O) groups is 2. The first-order valence-corrected chi connectivity index (χ1v) is 6.11. The fourth-order valence-corrected chi connectivity index (χ4v) is 1.77. The Morgan fingerprint density at radius 3 is 2.53 bits per heavy atom. The second-order valence-electron chi connectivity index (χ2n) is 4.77. The molecule has 1 amide bonds. The molecule has 3 N–H and O–H groups in total. The largest absolute Gasteiger partial charge is 0.467 e. The van der Waals surface area contributed by atoms with Gasteiger partial charge >= 0.3 is 5.97 Å². The van der Waals surface area contributed by atoms with Gasteiger partial charge in [-0.2, -0.15) is 0 Å². The van der Waals surface area contributed by atoms with E-state index in [1.807, 2.05) is 12.1 Å². The van der Waals surface area contributed by atoms with Gasteiger partial charge in [0.25, 0.3) is 5.91 Å². The summed E-state index contributed by atoms with van der Waals surface area (Å²) in [5.41, 5.74) is 5.85. The maximum Gasteiger partial charge on any atom is 0.330 e. The van der Waals surface area contributed by atoms with Crippen LogP contribution < -0.4 is 11.1 Å². The van der Waals surface area contributed by atoms with Crippen LogP contribution in [-0.2, 0) is 16.0 Å². The number of nitrogens with one attached hydrogen (secondary N) is 1. The summed E-state index contributed by atoms with van der Waals surface area (Å²) in [5, 5.41) is 2.67. The molecule has 19 heavy (non-hydrogen) atoms. The van der Waals surface area contributed by atoms with E-state index in [1.54, 1.807) is 26.0 Å². The Morgan fingerprint density at radius 2 is 1.95 bits per heavy atom.